The number of para-hydroxylation sites is 2. The molecule has 2 aliphatic rings. The summed E-state index contributed by atoms with van der Waals surface area (Å²) in [4.78, 5) is 20.1. The molecule has 8 heteroatoms. The maximum Gasteiger partial charge on any atom is 0.329 e. The predicted molar refractivity (Wildman–Crippen MR) is 111 cm³/mol. The van der Waals surface area contributed by atoms with E-state index in [9.17, 15) is 4.79 Å². The second-order valence-electron chi connectivity index (χ2n) is 7.13. The average Bonchev–Trinajstić information content (AvgIpc) is 2.86. The van der Waals surface area contributed by atoms with Gasteiger partial charge in [-0.1, -0.05) is 23.7 Å². The molecule has 0 amide bonds. The summed E-state index contributed by atoms with van der Waals surface area (Å²) in [5.74, 6) is 1.23. The van der Waals surface area contributed by atoms with Crippen molar-refractivity contribution in [2.24, 2.45) is 4.99 Å². The summed E-state index contributed by atoms with van der Waals surface area (Å²) < 4.78 is 11.5. The molecule has 1 atom stereocenters. The second-order valence-corrected chi connectivity index (χ2v) is 7.57. The minimum absolute atomic E-state index is 0.0489. The number of amidine groups is 1. The Balaban J connectivity index is 1.66. The van der Waals surface area contributed by atoms with Crippen molar-refractivity contribution in [3.05, 3.63) is 53.1 Å². The van der Waals surface area contributed by atoms with Gasteiger partial charge in [0.25, 0.3) is 0 Å². The molecule has 2 aromatic carbocycles. The molecule has 1 saturated heterocycles. The first kappa shape index (κ1) is 19.7. The summed E-state index contributed by atoms with van der Waals surface area (Å²) in [5.41, 5.74) is 1.59. The van der Waals surface area contributed by atoms with Crippen molar-refractivity contribution in [3.8, 4) is 11.5 Å². The Morgan fingerprint density at radius 2 is 2.10 bits per heavy atom. The van der Waals surface area contributed by atoms with Gasteiger partial charge in [-0.15, -0.1) is 0 Å². The molecule has 29 heavy (non-hydrogen) atoms. The summed E-state index contributed by atoms with van der Waals surface area (Å²) in [5, 5.41) is 9.44. The van der Waals surface area contributed by atoms with Crippen LogP contribution in [0.15, 0.2) is 47.5 Å². The smallest absolute Gasteiger partial charge is 0.329 e. The summed E-state index contributed by atoms with van der Waals surface area (Å²) in [7, 11) is 2.02. The number of carboxylic acids is 1. The van der Waals surface area contributed by atoms with Crippen LogP contribution in [0, 0.1) is 0 Å². The van der Waals surface area contributed by atoms with Gasteiger partial charge in [0.05, 0.1) is 18.2 Å². The first-order valence-electron chi connectivity index (χ1n) is 9.41. The molecule has 0 radical (unpaired) electrons. The van der Waals surface area contributed by atoms with Crippen molar-refractivity contribution in [2.45, 2.75) is 6.04 Å². The van der Waals surface area contributed by atoms with E-state index >= 15 is 0 Å². The largest absolute Gasteiger partial charge is 0.480 e. The van der Waals surface area contributed by atoms with Crippen LogP contribution in [-0.2, 0) is 9.53 Å². The molecule has 4 rings (SSSR count). The summed E-state index contributed by atoms with van der Waals surface area (Å²) in [6.07, 6.45) is 0. The lowest BCUT2D eigenvalue weighted by Gasteiger charge is -2.40. The van der Waals surface area contributed by atoms with Crippen LogP contribution >= 0.6 is 11.6 Å². The Morgan fingerprint density at radius 3 is 2.93 bits per heavy atom. The Kier molecular flexibility index (Phi) is 5.71. The van der Waals surface area contributed by atoms with Crippen LogP contribution in [0.5, 0.6) is 11.5 Å². The number of hydrogen-bond acceptors (Lipinski definition) is 6. The molecule has 1 N–H and O–H groups in total. The normalized spacial score (nSPS) is 18.9. The number of carbonyl (C=O) groups is 1. The monoisotopic (exact) mass is 415 g/mol. The lowest BCUT2D eigenvalue weighted by Crippen LogP contribution is -2.55. The van der Waals surface area contributed by atoms with E-state index in [0.29, 0.717) is 29.7 Å². The number of hydrogen-bond donors (Lipinski definition) is 1. The lowest BCUT2D eigenvalue weighted by atomic mass is 10.1. The zero-order valence-electron chi connectivity index (χ0n) is 16.0. The van der Waals surface area contributed by atoms with Crippen molar-refractivity contribution in [2.75, 3.05) is 39.9 Å². The molecule has 2 aliphatic heterocycles. The first-order valence-corrected chi connectivity index (χ1v) is 9.79. The highest BCUT2D eigenvalue weighted by Gasteiger charge is 2.30. The topological polar surface area (TPSA) is 74.6 Å². The van der Waals surface area contributed by atoms with E-state index in [1.807, 2.05) is 43.4 Å². The molecular weight excluding hydrogens is 394 g/mol. The Labute approximate surface area is 174 Å². The number of halogens is 1. The second kappa shape index (κ2) is 8.41. The van der Waals surface area contributed by atoms with Crippen LogP contribution < -0.4 is 4.74 Å². The van der Waals surface area contributed by atoms with E-state index in [-0.39, 0.29) is 12.6 Å². The van der Waals surface area contributed by atoms with E-state index in [4.69, 9.17) is 31.2 Å². The number of rotatable bonds is 4. The Bertz CT molecular complexity index is 949. The highest BCUT2D eigenvalue weighted by molar-refractivity contribution is 6.31. The molecule has 1 fully saturated rings. The summed E-state index contributed by atoms with van der Waals surface area (Å²) in [6.45, 7) is 2.27. The van der Waals surface area contributed by atoms with E-state index in [1.165, 1.54) is 0 Å². The maximum absolute atomic E-state index is 10.8. The lowest BCUT2D eigenvalue weighted by molar-refractivity contribution is -0.143. The summed E-state index contributed by atoms with van der Waals surface area (Å²) >= 11 is 6.28. The van der Waals surface area contributed by atoms with Crippen LogP contribution in [0.25, 0.3) is 0 Å². The van der Waals surface area contributed by atoms with Crippen molar-refractivity contribution in [1.82, 2.24) is 9.80 Å². The predicted octanol–water partition coefficient (Wildman–Crippen LogP) is 3.24. The van der Waals surface area contributed by atoms with Gasteiger partial charge in [0.15, 0.2) is 5.75 Å². The SMILES string of the molecule is CN1CCN(C2=Nc3ccccc3Oc3ccc(Cl)cc32)CC1COCC(=O)O. The molecule has 2 heterocycles. The number of aliphatic imine (C=N–C) groups is 1. The highest BCUT2D eigenvalue weighted by Crippen LogP contribution is 2.39. The maximum atomic E-state index is 10.8. The molecule has 2 aromatic rings. The number of piperazine rings is 1. The van der Waals surface area contributed by atoms with E-state index in [1.54, 1.807) is 6.07 Å². The minimum Gasteiger partial charge on any atom is -0.480 e. The van der Waals surface area contributed by atoms with Gasteiger partial charge in [-0.05, 0) is 37.4 Å². The van der Waals surface area contributed by atoms with Crippen LogP contribution in [-0.4, -0.2) is 72.6 Å². The van der Waals surface area contributed by atoms with E-state index in [0.717, 1.165) is 30.2 Å². The number of ether oxygens (including phenoxy) is 2. The number of nitrogens with zero attached hydrogens (tertiary/aromatic N) is 3. The fourth-order valence-electron chi connectivity index (χ4n) is 3.54. The van der Waals surface area contributed by atoms with E-state index < -0.39 is 5.97 Å². The third kappa shape index (κ3) is 4.37. The Morgan fingerprint density at radius 1 is 1.28 bits per heavy atom. The molecule has 0 aliphatic carbocycles. The van der Waals surface area contributed by atoms with Crippen LogP contribution in [0.4, 0.5) is 5.69 Å². The number of likely N-dealkylation sites (N-methyl/N-ethyl adjacent to an activating group) is 1. The van der Waals surface area contributed by atoms with Gasteiger partial charge in [-0.3, -0.25) is 4.90 Å². The first-order chi connectivity index (χ1) is 14.0. The molecule has 0 aromatic heterocycles. The van der Waals surface area contributed by atoms with Gasteiger partial charge in [0.2, 0.25) is 0 Å². The average molecular weight is 416 g/mol. The zero-order valence-corrected chi connectivity index (χ0v) is 16.8. The van der Waals surface area contributed by atoms with Gasteiger partial charge >= 0.3 is 5.97 Å². The number of carboxylic acid groups (broad SMARTS) is 1. The number of aliphatic carboxylic acids is 1. The van der Waals surface area contributed by atoms with E-state index in [2.05, 4.69) is 9.80 Å². The van der Waals surface area contributed by atoms with Crippen molar-refractivity contribution < 1.29 is 19.4 Å². The molecule has 0 spiro atoms. The highest BCUT2D eigenvalue weighted by atomic mass is 35.5. The quantitative estimate of drug-likeness (QED) is 0.826. The zero-order chi connectivity index (χ0) is 20.4. The van der Waals surface area contributed by atoms with Crippen LogP contribution in [0.2, 0.25) is 5.02 Å². The van der Waals surface area contributed by atoms with Gasteiger partial charge in [-0.2, -0.15) is 0 Å². The summed E-state index contributed by atoms with van der Waals surface area (Å²) in [6, 6.07) is 13.2. The van der Waals surface area contributed by atoms with Gasteiger partial charge in [0, 0.05) is 24.7 Å². The molecule has 0 saturated carbocycles. The van der Waals surface area contributed by atoms with Gasteiger partial charge in [0.1, 0.15) is 23.9 Å². The fraction of sp³-hybridized carbons (Fsp3) is 0.333. The molecule has 152 valence electrons. The fourth-order valence-corrected chi connectivity index (χ4v) is 3.71. The van der Waals surface area contributed by atoms with Gasteiger partial charge < -0.3 is 19.5 Å². The van der Waals surface area contributed by atoms with Crippen molar-refractivity contribution in [3.63, 3.8) is 0 Å². The molecule has 0 bridgehead atoms. The van der Waals surface area contributed by atoms with Crippen molar-refractivity contribution >= 4 is 29.1 Å². The van der Waals surface area contributed by atoms with Gasteiger partial charge in [-0.25, -0.2) is 9.79 Å². The molecule has 1 unspecified atom stereocenters. The standard InChI is InChI=1S/C21H22ClN3O4/c1-24-8-9-25(11-15(24)12-28-13-20(26)27)21-16-10-14(22)6-7-18(16)29-19-5-3-2-4-17(19)23-21/h2-7,10,15H,8-9,11-13H2,1H3,(H,26,27). The molecule has 7 nitrogen and oxygen atoms in total. The van der Waals surface area contributed by atoms with Crippen LogP contribution in [0.3, 0.4) is 0 Å². The Hall–Kier alpha value is -2.61. The number of fused-ring (bicyclic) bond motifs is 2. The minimum atomic E-state index is -0.967. The number of benzene rings is 2. The third-order valence-electron chi connectivity index (χ3n) is 5.11. The van der Waals surface area contributed by atoms with Crippen molar-refractivity contribution in [1.29, 1.82) is 0 Å². The third-order valence-corrected chi connectivity index (χ3v) is 5.34. The van der Waals surface area contributed by atoms with Crippen LogP contribution in [0.1, 0.15) is 5.56 Å². The molecular formula is C21H22ClN3O4.